The van der Waals surface area contributed by atoms with Crippen molar-refractivity contribution in [1.29, 1.82) is 0 Å². The van der Waals surface area contributed by atoms with Crippen LogP contribution >= 0.6 is 49.9 Å². The third kappa shape index (κ3) is 2.89. The maximum atomic E-state index is 13.0. The van der Waals surface area contributed by atoms with Crippen LogP contribution in [0.3, 0.4) is 0 Å². The number of rotatable bonds is 2. The van der Waals surface area contributed by atoms with Gasteiger partial charge in [0, 0.05) is 8.45 Å². The monoisotopic (exact) mass is 426 g/mol. The van der Waals surface area contributed by atoms with Crippen LogP contribution in [-0.4, -0.2) is 5.11 Å². The quantitative estimate of drug-likeness (QED) is 0.693. The minimum absolute atomic E-state index is 0.284. The molecule has 0 radical (unpaired) electrons. The summed E-state index contributed by atoms with van der Waals surface area (Å²) in [5.41, 5.74) is 1.60. The van der Waals surface area contributed by atoms with Gasteiger partial charge >= 0.3 is 0 Å². The van der Waals surface area contributed by atoms with Gasteiger partial charge in [0.25, 0.3) is 0 Å². The molecule has 0 amide bonds. The van der Waals surface area contributed by atoms with Gasteiger partial charge in [0.15, 0.2) is 0 Å². The van der Waals surface area contributed by atoms with E-state index in [1.165, 1.54) is 12.1 Å². The zero-order chi connectivity index (χ0) is 12.6. The number of benzene rings is 1. The highest BCUT2D eigenvalue weighted by Crippen LogP contribution is 2.35. The average molecular weight is 427 g/mol. The third-order valence-corrected chi connectivity index (χ3v) is 4.98. The number of hydrogen-bond acceptors (Lipinski definition) is 2. The molecule has 1 N–H and O–H groups in total. The molecule has 1 aromatic carbocycles. The lowest BCUT2D eigenvalue weighted by molar-refractivity contribution is 0.219. The predicted octanol–water partition coefficient (Wildman–Crippen LogP) is 4.64. The minimum atomic E-state index is -0.704. The summed E-state index contributed by atoms with van der Waals surface area (Å²) in [7, 11) is 0. The molecule has 1 nitrogen and oxygen atoms in total. The first-order valence-electron chi connectivity index (χ1n) is 4.88. The highest BCUT2D eigenvalue weighted by atomic mass is 127. The van der Waals surface area contributed by atoms with Gasteiger partial charge < -0.3 is 5.11 Å². The Bertz CT molecular complexity index is 555. The Morgan fingerprint density at radius 3 is 2.59 bits per heavy atom. The molecule has 0 bridgehead atoms. The minimum Gasteiger partial charge on any atom is -0.384 e. The van der Waals surface area contributed by atoms with Gasteiger partial charge in [0.2, 0.25) is 0 Å². The summed E-state index contributed by atoms with van der Waals surface area (Å²) in [6.07, 6.45) is -0.704. The van der Waals surface area contributed by atoms with Crippen molar-refractivity contribution in [1.82, 2.24) is 0 Å². The highest BCUT2D eigenvalue weighted by Gasteiger charge is 2.18. The van der Waals surface area contributed by atoms with Crippen LogP contribution in [0.5, 0.6) is 0 Å². The summed E-state index contributed by atoms with van der Waals surface area (Å²) in [6, 6.07) is 6.34. The standard InChI is InChI=1S/C12H9BrFIOS/c1-6-9(5-11(13)17-6)12(16)8-3-2-7(14)4-10(8)15/h2-5,12,16H,1H3. The van der Waals surface area contributed by atoms with Crippen LogP contribution in [0.4, 0.5) is 4.39 Å². The van der Waals surface area contributed by atoms with Gasteiger partial charge in [-0.3, -0.25) is 0 Å². The lowest BCUT2D eigenvalue weighted by Gasteiger charge is -2.12. The smallest absolute Gasteiger partial charge is 0.124 e. The molecule has 0 saturated heterocycles. The summed E-state index contributed by atoms with van der Waals surface area (Å²) >= 11 is 7.02. The molecule has 0 aliphatic heterocycles. The predicted molar refractivity (Wildman–Crippen MR) is 79.9 cm³/mol. The molecule has 0 aliphatic rings. The molecule has 1 unspecified atom stereocenters. The summed E-state index contributed by atoms with van der Waals surface area (Å²) < 4.78 is 14.7. The number of thiophene rings is 1. The van der Waals surface area contributed by atoms with Crippen LogP contribution in [0, 0.1) is 16.3 Å². The Morgan fingerprint density at radius 1 is 1.35 bits per heavy atom. The Morgan fingerprint density at radius 2 is 2.06 bits per heavy atom. The Balaban J connectivity index is 2.43. The molecule has 17 heavy (non-hydrogen) atoms. The molecular formula is C12H9BrFIOS. The zero-order valence-electron chi connectivity index (χ0n) is 8.88. The highest BCUT2D eigenvalue weighted by molar-refractivity contribution is 14.1. The number of aliphatic hydroxyl groups is 1. The van der Waals surface area contributed by atoms with Gasteiger partial charge in [0.1, 0.15) is 11.9 Å². The summed E-state index contributed by atoms with van der Waals surface area (Å²) in [4.78, 5) is 1.06. The Labute approximate surface area is 125 Å². The topological polar surface area (TPSA) is 20.2 Å². The second kappa shape index (κ2) is 5.34. The van der Waals surface area contributed by atoms with Crippen molar-refractivity contribution < 1.29 is 9.50 Å². The molecule has 0 aliphatic carbocycles. The van der Waals surface area contributed by atoms with Gasteiger partial charge in [-0.15, -0.1) is 11.3 Å². The van der Waals surface area contributed by atoms with E-state index in [1.807, 2.05) is 35.6 Å². The SMILES string of the molecule is Cc1sc(Br)cc1C(O)c1ccc(F)cc1I. The number of aryl methyl sites for hydroxylation is 1. The van der Waals surface area contributed by atoms with Crippen molar-refractivity contribution in [3.8, 4) is 0 Å². The fourth-order valence-electron chi connectivity index (χ4n) is 1.62. The van der Waals surface area contributed by atoms with Crippen LogP contribution in [0.1, 0.15) is 22.1 Å². The Hall–Kier alpha value is 0.0200. The molecule has 2 rings (SSSR count). The van der Waals surface area contributed by atoms with E-state index >= 15 is 0 Å². The molecular weight excluding hydrogens is 418 g/mol. The summed E-state index contributed by atoms with van der Waals surface area (Å²) in [5, 5.41) is 10.3. The van der Waals surface area contributed by atoms with E-state index in [4.69, 9.17) is 0 Å². The van der Waals surface area contributed by atoms with E-state index in [0.29, 0.717) is 0 Å². The second-order valence-corrected chi connectivity index (χ2v) is 7.43. The van der Waals surface area contributed by atoms with Crippen molar-refractivity contribution in [2.75, 3.05) is 0 Å². The van der Waals surface area contributed by atoms with E-state index in [0.717, 1.165) is 23.4 Å². The van der Waals surface area contributed by atoms with Crippen molar-refractivity contribution in [2.24, 2.45) is 0 Å². The number of aliphatic hydroxyl groups excluding tert-OH is 1. The van der Waals surface area contributed by atoms with Crippen molar-refractivity contribution in [3.63, 3.8) is 0 Å². The molecule has 5 heteroatoms. The molecule has 1 atom stereocenters. The molecule has 1 heterocycles. The maximum Gasteiger partial charge on any atom is 0.124 e. The van der Waals surface area contributed by atoms with Gasteiger partial charge in [-0.05, 0) is 74.8 Å². The van der Waals surface area contributed by atoms with E-state index in [1.54, 1.807) is 17.4 Å². The van der Waals surface area contributed by atoms with Gasteiger partial charge in [0.05, 0.1) is 3.79 Å². The van der Waals surface area contributed by atoms with E-state index in [9.17, 15) is 9.50 Å². The fourth-order valence-corrected chi connectivity index (χ4v) is 4.13. The number of hydrogen-bond donors (Lipinski definition) is 1. The van der Waals surface area contributed by atoms with Gasteiger partial charge in [-0.2, -0.15) is 0 Å². The first-order valence-corrected chi connectivity index (χ1v) is 7.56. The average Bonchev–Trinajstić information content (AvgIpc) is 2.57. The van der Waals surface area contributed by atoms with Crippen LogP contribution in [0.15, 0.2) is 28.1 Å². The zero-order valence-corrected chi connectivity index (χ0v) is 13.4. The first-order chi connectivity index (χ1) is 7.99. The number of halogens is 3. The van der Waals surface area contributed by atoms with Gasteiger partial charge in [-0.1, -0.05) is 6.07 Å². The van der Waals surface area contributed by atoms with Crippen molar-refractivity contribution in [3.05, 3.63) is 53.4 Å². The second-order valence-electron chi connectivity index (χ2n) is 3.63. The molecule has 2 aromatic rings. The molecule has 0 spiro atoms. The first kappa shape index (κ1) is 13.5. The molecule has 0 saturated carbocycles. The van der Waals surface area contributed by atoms with E-state index in [2.05, 4.69) is 15.9 Å². The van der Waals surface area contributed by atoms with Crippen LogP contribution in [0.2, 0.25) is 0 Å². The molecule has 1 aromatic heterocycles. The Kier molecular flexibility index (Phi) is 4.22. The largest absolute Gasteiger partial charge is 0.384 e. The van der Waals surface area contributed by atoms with Gasteiger partial charge in [-0.25, -0.2) is 4.39 Å². The maximum absolute atomic E-state index is 13.0. The van der Waals surface area contributed by atoms with E-state index < -0.39 is 6.10 Å². The third-order valence-electron chi connectivity index (χ3n) is 2.48. The normalized spacial score (nSPS) is 12.8. The van der Waals surface area contributed by atoms with E-state index in [-0.39, 0.29) is 5.82 Å². The molecule has 90 valence electrons. The summed E-state index contributed by atoms with van der Waals surface area (Å²) in [5.74, 6) is -0.284. The van der Waals surface area contributed by atoms with Crippen molar-refractivity contribution in [2.45, 2.75) is 13.0 Å². The fraction of sp³-hybridized carbons (Fsp3) is 0.167. The van der Waals surface area contributed by atoms with Crippen LogP contribution in [0.25, 0.3) is 0 Å². The lowest BCUT2D eigenvalue weighted by atomic mass is 10.0. The lowest BCUT2D eigenvalue weighted by Crippen LogP contribution is -2.02. The van der Waals surface area contributed by atoms with Crippen LogP contribution in [-0.2, 0) is 0 Å². The van der Waals surface area contributed by atoms with Crippen molar-refractivity contribution >= 4 is 49.9 Å². The molecule has 0 fully saturated rings. The summed E-state index contributed by atoms with van der Waals surface area (Å²) in [6.45, 7) is 1.96. The van der Waals surface area contributed by atoms with Crippen LogP contribution < -0.4 is 0 Å².